The maximum absolute atomic E-state index is 6.68. The average Bonchev–Trinajstić information content (AvgIpc) is 3.42. The maximum atomic E-state index is 6.68. The lowest BCUT2D eigenvalue weighted by molar-refractivity contribution is 0.470. The molecular weight excluding hydrogens is 571 g/mol. The Morgan fingerprint density at radius 3 is 2.41 bits per heavy atom. The number of hydrogen-bond acceptors (Lipinski definition) is 4. The number of benzene rings is 3. The van der Waals surface area contributed by atoms with Crippen molar-refractivity contribution in [3.63, 3.8) is 0 Å². The second-order valence-electron chi connectivity index (χ2n) is 9.28. The van der Waals surface area contributed by atoms with Crippen molar-refractivity contribution < 1.29 is 4.42 Å². The number of imidazole rings is 1. The van der Waals surface area contributed by atoms with Crippen LogP contribution >= 0.6 is 39.1 Å². The van der Waals surface area contributed by atoms with E-state index in [1.54, 1.807) is 6.07 Å². The Kier molecular flexibility index (Phi) is 6.43. The minimum absolute atomic E-state index is 0.214. The third-order valence-electron chi connectivity index (χ3n) is 6.83. The fourth-order valence-corrected chi connectivity index (χ4v) is 5.59. The smallest absolute Gasteiger partial charge is 0.268 e. The van der Waals surface area contributed by atoms with Crippen molar-refractivity contribution >= 4 is 39.1 Å². The molecule has 0 spiro atoms. The molecule has 1 saturated carbocycles. The van der Waals surface area contributed by atoms with Gasteiger partial charge >= 0.3 is 0 Å². The van der Waals surface area contributed by atoms with Crippen molar-refractivity contribution in [1.29, 1.82) is 0 Å². The Labute approximate surface area is 233 Å². The van der Waals surface area contributed by atoms with Crippen LogP contribution in [0.2, 0.25) is 10.0 Å². The van der Waals surface area contributed by atoms with Gasteiger partial charge in [0, 0.05) is 20.7 Å². The van der Waals surface area contributed by atoms with E-state index in [-0.39, 0.29) is 5.41 Å². The molecule has 5 aromatic rings. The van der Waals surface area contributed by atoms with E-state index < -0.39 is 0 Å². The minimum Gasteiger partial charge on any atom is -0.418 e. The average molecular weight is 594 g/mol. The standard InChI is InChI=1S/C29H23BrCl2N4O/c1-2-6-24-25(27-34-35-28(37-27)29(15-16-29)18-7-4-3-5-8-18)33-26(22-14-11-20(31)17-23(22)32)36(24)21-12-9-19(30)10-13-21/h3-5,7-14,17H,2,6,15-16H2,1H3. The fourth-order valence-electron chi connectivity index (χ4n) is 4.83. The van der Waals surface area contributed by atoms with E-state index in [1.807, 2.05) is 42.5 Å². The highest BCUT2D eigenvalue weighted by atomic mass is 79.9. The van der Waals surface area contributed by atoms with Gasteiger partial charge in [-0.25, -0.2) is 4.98 Å². The first kappa shape index (κ1) is 24.4. The number of rotatable bonds is 7. The van der Waals surface area contributed by atoms with Gasteiger partial charge in [-0.1, -0.05) is 82.8 Å². The lowest BCUT2D eigenvalue weighted by Crippen LogP contribution is -2.08. The van der Waals surface area contributed by atoms with Gasteiger partial charge in [-0.3, -0.25) is 4.57 Å². The predicted molar refractivity (Wildman–Crippen MR) is 150 cm³/mol. The molecule has 0 bridgehead atoms. The van der Waals surface area contributed by atoms with E-state index in [9.17, 15) is 0 Å². The van der Waals surface area contributed by atoms with E-state index in [1.165, 1.54) is 5.56 Å². The zero-order valence-electron chi connectivity index (χ0n) is 20.1. The van der Waals surface area contributed by atoms with Crippen molar-refractivity contribution in [2.75, 3.05) is 0 Å². The van der Waals surface area contributed by atoms with Crippen LogP contribution in [-0.2, 0) is 11.8 Å². The first-order valence-corrected chi connectivity index (χ1v) is 13.8. The summed E-state index contributed by atoms with van der Waals surface area (Å²) in [6, 6.07) is 24.0. The molecule has 0 atom stereocenters. The molecule has 0 radical (unpaired) electrons. The zero-order valence-corrected chi connectivity index (χ0v) is 23.2. The summed E-state index contributed by atoms with van der Waals surface area (Å²) in [6.07, 6.45) is 3.65. The molecule has 5 nitrogen and oxygen atoms in total. The summed E-state index contributed by atoms with van der Waals surface area (Å²) in [4.78, 5) is 5.07. The van der Waals surface area contributed by atoms with Crippen LogP contribution in [0.4, 0.5) is 0 Å². The number of halogens is 3. The summed E-state index contributed by atoms with van der Waals surface area (Å²) >= 11 is 16.4. The van der Waals surface area contributed by atoms with E-state index in [0.717, 1.165) is 47.1 Å². The van der Waals surface area contributed by atoms with Crippen LogP contribution in [0.25, 0.3) is 28.7 Å². The quantitative estimate of drug-likeness (QED) is 0.189. The van der Waals surface area contributed by atoms with Gasteiger partial charge in [0.2, 0.25) is 5.89 Å². The Hall–Kier alpha value is -2.93. The second-order valence-corrected chi connectivity index (χ2v) is 11.0. The monoisotopic (exact) mass is 592 g/mol. The van der Waals surface area contributed by atoms with Gasteiger partial charge in [0.25, 0.3) is 5.89 Å². The summed E-state index contributed by atoms with van der Waals surface area (Å²) in [7, 11) is 0. The lowest BCUT2D eigenvalue weighted by atomic mass is 9.96. The SMILES string of the molecule is CCCc1c(-c2nnc(C3(c4ccccc4)CC3)o2)nc(-c2ccc(Cl)cc2Cl)n1-c1ccc(Br)cc1. The molecule has 6 rings (SSSR count). The molecule has 186 valence electrons. The normalized spacial score (nSPS) is 14.2. The molecule has 0 aliphatic heterocycles. The van der Waals surface area contributed by atoms with Gasteiger partial charge in [0.05, 0.1) is 16.1 Å². The molecule has 8 heteroatoms. The van der Waals surface area contributed by atoms with E-state index in [2.05, 4.69) is 61.9 Å². The Morgan fingerprint density at radius 2 is 1.73 bits per heavy atom. The highest BCUT2D eigenvalue weighted by Gasteiger charge is 2.50. The molecule has 1 fully saturated rings. The number of nitrogens with zero attached hydrogens (tertiary/aromatic N) is 4. The van der Waals surface area contributed by atoms with Crippen molar-refractivity contribution in [1.82, 2.24) is 19.7 Å². The summed E-state index contributed by atoms with van der Waals surface area (Å²) < 4.78 is 9.52. The van der Waals surface area contributed by atoms with E-state index in [0.29, 0.717) is 33.3 Å². The lowest BCUT2D eigenvalue weighted by Gasteiger charge is -2.13. The Morgan fingerprint density at radius 1 is 0.973 bits per heavy atom. The Balaban J connectivity index is 1.53. The number of aromatic nitrogens is 4. The molecule has 1 aliphatic rings. The predicted octanol–water partition coefficient (Wildman–Crippen LogP) is 8.69. The van der Waals surface area contributed by atoms with Gasteiger partial charge in [0.1, 0.15) is 11.5 Å². The van der Waals surface area contributed by atoms with Crippen LogP contribution in [0.3, 0.4) is 0 Å². The molecule has 2 heterocycles. The van der Waals surface area contributed by atoms with Gasteiger partial charge in [-0.15, -0.1) is 10.2 Å². The van der Waals surface area contributed by atoms with Crippen LogP contribution in [-0.4, -0.2) is 19.7 Å². The fraction of sp³-hybridized carbons (Fsp3) is 0.207. The maximum Gasteiger partial charge on any atom is 0.268 e. The molecule has 0 N–H and O–H groups in total. The summed E-state index contributed by atoms with van der Waals surface area (Å²) in [5.74, 6) is 1.76. The first-order valence-electron chi connectivity index (χ1n) is 12.2. The summed E-state index contributed by atoms with van der Waals surface area (Å²) in [5, 5.41) is 10.1. The van der Waals surface area contributed by atoms with Crippen LogP contribution in [0, 0.1) is 0 Å². The van der Waals surface area contributed by atoms with Gasteiger partial charge in [0.15, 0.2) is 0 Å². The summed E-state index contributed by atoms with van der Waals surface area (Å²) in [5.41, 5.74) is 4.40. The van der Waals surface area contributed by atoms with E-state index in [4.69, 9.17) is 32.6 Å². The van der Waals surface area contributed by atoms with E-state index >= 15 is 0 Å². The highest BCUT2D eigenvalue weighted by Crippen LogP contribution is 2.53. The molecule has 0 unspecified atom stereocenters. The van der Waals surface area contributed by atoms with Crippen molar-refractivity contribution in [3.8, 4) is 28.7 Å². The third-order valence-corrected chi connectivity index (χ3v) is 7.91. The highest BCUT2D eigenvalue weighted by molar-refractivity contribution is 9.10. The molecule has 3 aromatic carbocycles. The van der Waals surface area contributed by atoms with Crippen molar-refractivity contribution in [2.45, 2.75) is 38.0 Å². The second kappa shape index (κ2) is 9.75. The zero-order chi connectivity index (χ0) is 25.6. The topological polar surface area (TPSA) is 56.7 Å². The molecule has 2 aromatic heterocycles. The molecule has 0 amide bonds. The van der Waals surface area contributed by atoms with Crippen LogP contribution in [0.1, 0.15) is 43.3 Å². The molecule has 1 aliphatic carbocycles. The first-order chi connectivity index (χ1) is 18.0. The van der Waals surface area contributed by atoms with Gasteiger partial charge in [-0.05, 0) is 67.3 Å². The van der Waals surface area contributed by atoms with Crippen LogP contribution in [0.5, 0.6) is 0 Å². The summed E-state index contributed by atoms with van der Waals surface area (Å²) in [6.45, 7) is 2.14. The number of hydrogen-bond donors (Lipinski definition) is 0. The molecular formula is C29H23BrCl2N4O. The van der Waals surface area contributed by atoms with Crippen LogP contribution in [0.15, 0.2) is 81.7 Å². The van der Waals surface area contributed by atoms with Gasteiger partial charge in [-0.2, -0.15) is 0 Å². The largest absolute Gasteiger partial charge is 0.418 e. The third kappa shape index (κ3) is 4.41. The Bertz CT molecular complexity index is 1570. The van der Waals surface area contributed by atoms with Crippen molar-refractivity contribution in [3.05, 3.63) is 104 Å². The van der Waals surface area contributed by atoms with Crippen LogP contribution < -0.4 is 0 Å². The van der Waals surface area contributed by atoms with Crippen molar-refractivity contribution in [2.24, 2.45) is 0 Å². The van der Waals surface area contributed by atoms with Gasteiger partial charge < -0.3 is 4.42 Å². The molecule has 37 heavy (non-hydrogen) atoms. The molecule has 0 saturated heterocycles. The minimum atomic E-state index is -0.214.